The molecular weight excluding hydrogens is 422 g/mol. The highest BCUT2D eigenvalue weighted by Gasteiger charge is 2.25. The van der Waals surface area contributed by atoms with Gasteiger partial charge in [0.25, 0.3) is 0 Å². The predicted molar refractivity (Wildman–Crippen MR) is 110 cm³/mol. The molecule has 2 aromatic carbocycles. The summed E-state index contributed by atoms with van der Waals surface area (Å²) in [6.07, 6.45) is 6.37. The van der Waals surface area contributed by atoms with Gasteiger partial charge in [0.1, 0.15) is 17.5 Å². The third-order valence-electron chi connectivity index (χ3n) is 4.95. The molecule has 0 saturated carbocycles. The summed E-state index contributed by atoms with van der Waals surface area (Å²) < 4.78 is 54.6. The normalized spacial score (nSPS) is 11.7. The number of imidazole rings is 2. The summed E-state index contributed by atoms with van der Waals surface area (Å²) in [5.41, 5.74) is 1.69. The van der Waals surface area contributed by atoms with Crippen molar-refractivity contribution in [2.75, 3.05) is 0 Å². The van der Waals surface area contributed by atoms with Crippen molar-refractivity contribution in [3.8, 4) is 0 Å². The Balaban J connectivity index is 1.67. The van der Waals surface area contributed by atoms with E-state index in [1.54, 1.807) is 29.2 Å². The largest absolute Gasteiger partial charge is 0.351 e. The predicted octanol–water partition coefficient (Wildman–Crippen LogP) is 3.94. The first-order chi connectivity index (χ1) is 14.9. The Morgan fingerprint density at radius 1 is 0.935 bits per heavy atom. The van der Waals surface area contributed by atoms with Crippen LogP contribution in [0.4, 0.5) is 8.78 Å². The number of nitrogens with zero attached hydrogens (tertiary/aromatic N) is 3. The summed E-state index contributed by atoms with van der Waals surface area (Å²) in [4.78, 5) is 11.4. The fourth-order valence-electron chi connectivity index (χ4n) is 3.36. The Morgan fingerprint density at radius 3 is 2.26 bits per heavy atom. The highest BCUT2D eigenvalue weighted by Crippen LogP contribution is 2.24. The second-order valence-corrected chi connectivity index (χ2v) is 8.99. The van der Waals surface area contributed by atoms with Crippen LogP contribution in [0.2, 0.25) is 0 Å². The summed E-state index contributed by atoms with van der Waals surface area (Å²) in [5.74, 6) is -0.302. The van der Waals surface area contributed by atoms with Crippen LogP contribution in [0, 0.1) is 11.6 Å². The van der Waals surface area contributed by atoms with Gasteiger partial charge in [-0.25, -0.2) is 27.2 Å². The van der Waals surface area contributed by atoms with E-state index in [2.05, 4.69) is 15.0 Å². The van der Waals surface area contributed by atoms with Gasteiger partial charge in [-0.2, -0.15) is 0 Å². The summed E-state index contributed by atoms with van der Waals surface area (Å²) in [7, 11) is -3.90. The summed E-state index contributed by atoms with van der Waals surface area (Å²) in [6, 6.07) is 10.7. The standard InChI is InChI=1S/C22H20F2N4O2S/c23-17-5-3-16(4-6-17)12-21-26-14-22(28(21)11-1-2-19-13-25-15-27-19)31(29,30)20-9-7-18(24)8-10-20/h3-10,13-15H,1-2,11-12H2,(H,25,27). The summed E-state index contributed by atoms with van der Waals surface area (Å²) >= 11 is 0. The van der Waals surface area contributed by atoms with Gasteiger partial charge in [0.05, 0.1) is 23.1 Å². The van der Waals surface area contributed by atoms with E-state index in [0.29, 0.717) is 31.6 Å². The molecule has 0 radical (unpaired) electrons. The Labute approximate surface area is 178 Å². The van der Waals surface area contributed by atoms with Crippen LogP contribution in [0.3, 0.4) is 0 Å². The van der Waals surface area contributed by atoms with Gasteiger partial charge in [-0.05, 0) is 54.8 Å². The van der Waals surface area contributed by atoms with Crippen LogP contribution >= 0.6 is 0 Å². The van der Waals surface area contributed by atoms with Gasteiger partial charge < -0.3 is 9.55 Å². The number of aromatic amines is 1. The van der Waals surface area contributed by atoms with E-state index in [1.807, 2.05) is 0 Å². The van der Waals surface area contributed by atoms with E-state index in [4.69, 9.17) is 0 Å². The zero-order valence-electron chi connectivity index (χ0n) is 16.5. The first kappa shape index (κ1) is 20.9. The number of hydrogen-bond donors (Lipinski definition) is 1. The van der Waals surface area contributed by atoms with Crippen molar-refractivity contribution < 1.29 is 17.2 Å². The maximum absolute atomic E-state index is 13.3. The molecule has 0 atom stereocenters. The second kappa shape index (κ2) is 8.81. The third-order valence-corrected chi connectivity index (χ3v) is 6.72. The van der Waals surface area contributed by atoms with Crippen LogP contribution in [-0.4, -0.2) is 27.9 Å². The van der Waals surface area contributed by atoms with Gasteiger partial charge in [0.15, 0.2) is 5.03 Å². The number of aryl methyl sites for hydroxylation is 1. The van der Waals surface area contributed by atoms with Gasteiger partial charge in [-0.3, -0.25) is 0 Å². The molecule has 0 fully saturated rings. The Bertz CT molecular complexity index is 1250. The van der Waals surface area contributed by atoms with E-state index in [0.717, 1.165) is 23.4 Å². The fourth-order valence-corrected chi connectivity index (χ4v) is 4.77. The summed E-state index contributed by atoms with van der Waals surface area (Å²) in [5, 5.41) is 0.0400. The number of aromatic nitrogens is 4. The molecule has 0 bridgehead atoms. The smallest absolute Gasteiger partial charge is 0.223 e. The van der Waals surface area contributed by atoms with Crippen LogP contribution in [0.15, 0.2) is 77.2 Å². The van der Waals surface area contributed by atoms with Crippen molar-refractivity contribution in [2.24, 2.45) is 0 Å². The molecule has 0 spiro atoms. The molecule has 9 heteroatoms. The molecule has 4 aromatic rings. The van der Waals surface area contributed by atoms with Gasteiger partial charge in [0, 0.05) is 19.2 Å². The Kier molecular flexibility index (Phi) is 5.94. The number of halogens is 2. The average Bonchev–Trinajstić information content (AvgIpc) is 3.41. The number of benzene rings is 2. The lowest BCUT2D eigenvalue weighted by atomic mass is 10.1. The number of rotatable bonds is 8. The molecule has 160 valence electrons. The average molecular weight is 442 g/mol. The number of nitrogens with one attached hydrogen (secondary N) is 1. The molecule has 4 rings (SSSR count). The maximum Gasteiger partial charge on any atom is 0.223 e. The Morgan fingerprint density at radius 2 is 1.61 bits per heavy atom. The van der Waals surface area contributed by atoms with Crippen LogP contribution in [0.5, 0.6) is 0 Å². The number of H-pyrrole nitrogens is 1. The van der Waals surface area contributed by atoms with E-state index in [1.165, 1.54) is 30.5 Å². The Hall–Kier alpha value is -3.33. The highest BCUT2D eigenvalue weighted by molar-refractivity contribution is 7.91. The van der Waals surface area contributed by atoms with Crippen LogP contribution in [-0.2, 0) is 29.2 Å². The lowest BCUT2D eigenvalue weighted by Gasteiger charge is -2.13. The molecule has 2 heterocycles. The van der Waals surface area contributed by atoms with Gasteiger partial charge >= 0.3 is 0 Å². The first-order valence-electron chi connectivity index (χ1n) is 9.70. The van der Waals surface area contributed by atoms with E-state index >= 15 is 0 Å². The number of sulfone groups is 1. The minimum atomic E-state index is -3.90. The molecule has 0 saturated heterocycles. The molecular formula is C22H20F2N4O2S. The van der Waals surface area contributed by atoms with E-state index in [9.17, 15) is 17.2 Å². The van der Waals surface area contributed by atoms with Crippen molar-refractivity contribution in [3.05, 3.63) is 96.0 Å². The van der Waals surface area contributed by atoms with Crippen molar-refractivity contribution in [1.29, 1.82) is 0 Å². The van der Waals surface area contributed by atoms with Crippen molar-refractivity contribution in [1.82, 2.24) is 19.5 Å². The minimum Gasteiger partial charge on any atom is -0.351 e. The monoisotopic (exact) mass is 442 g/mol. The number of hydrogen-bond acceptors (Lipinski definition) is 4. The molecule has 0 aliphatic heterocycles. The molecule has 1 N–H and O–H groups in total. The first-order valence-corrected chi connectivity index (χ1v) is 11.2. The van der Waals surface area contributed by atoms with Crippen molar-refractivity contribution in [3.63, 3.8) is 0 Å². The molecule has 6 nitrogen and oxygen atoms in total. The van der Waals surface area contributed by atoms with Crippen LogP contribution < -0.4 is 0 Å². The molecule has 31 heavy (non-hydrogen) atoms. The molecule has 0 amide bonds. The van der Waals surface area contributed by atoms with Crippen molar-refractivity contribution in [2.45, 2.75) is 35.7 Å². The summed E-state index contributed by atoms with van der Waals surface area (Å²) in [6.45, 7) is 0.402. The van der Waals surface area contributed by atoms with Gasteiger partial charge in [0.2, 0.25) is 9.84 Å². The minimum absolute atomic E-state index is 0.00400. The second-order valence-electron chi connectivity index (χ2n) is 7.09. The molecule has 2 aromatic heterocycles. The fraction of sp³-hybridized carbons (Fsp3) is 0.182. The quantitative estimate of drug-likeness (QED) is 0.419. The third kappa shape index (κ3) is 4.72. The van der Waals surface area contributed by atoms with Crippen LogP contribution in [0.1, 0.15) is 23.5 Å². The highest BCUT2D eigenvalue weighted by atomic mass is 32.2. The van der Waals surface area contributed by atoms with Gasteiger partial charge in [-0.15, -0.1) is 0 Å². The zero-order chi connectivity index (χ0) is 21.8. The topological polar surface area (TPSA) is 80.6 Å². The zero-order valence-corrected chi connectivity index (χ0v) is 17.3. The lowest BCUT2D eigenvalue weighted by molar-refractivity contribution is 0.547. The van der Waals surface area contributed by atoms with Gasteiger partial charge in [-0.1, -0.05) is 12.1 Å². The van der Waals surface area contributed by atoms with E-state index in [-0.39, 0.29) is 15.7 Å². The molecule has 0 unspecified atom stereocenters. The molecule has 0 aliphatic rings. The van der Waals surface area contributed by atoms with E-state index < -0.39 is 15.7 Å². The van der Waals surface area contributed by atoms with Crippen LogP contribution in [0.25, 0.3) is 0 Å². The maximum atomic E-state index is 13.3. The molecule has 0 aliphatic carbocycles. The lowest BCUT2D eigenvalue weighted by Crippen LogP contribution is -2.14. The SMILES string of the molecule is O=S(=O)(c1ccc(F)cc1)c1cnc(Cc2ccc(F)cc2)n1CCCc1c[nH]cn1. The van der Waals surface area contributed by atoms with Crippen molar-refractivity contribution >= 4 is 9.84 Å².